The second-order valence-electron chi connectivity index (χ2n) is 19.2. The number of esters is 1. The van der Waals surface area contributed by atoms with Gasteiger partial charge in [0.05, 0.1) is 65.5 Å². The number of cyclic esters (lactones) is 1. The predicted molar refractivity (Wildman–Crippen MR) is 237 cm³/mol. The van der Waals surface area contributed by atoms with E-state index in [0.29, 0.717) is 47.5 Å². The highest BCUT2D eigenvalue weighted by atomic mass is 32.2. The maximum atomic E-state index is 15.2. The number of rotatable bonds is 12. The Bertz CT molecular complexity index is 2370. The van der Waals surface area contributed by atoms with Crippen molar-refractivity contribution in [3.63, 3.8) is 0 Å². The van der Waals surface area contributed by atoms with Gasteiger partial charge in [-0.2, -0.15) is 0 Å². The minimum absolute atomic E-state index is 0.0435. The van der Waals surface area contributed by atoms with Crippen LogP contribution in [0, 0.1) is 35.5 Å². The van der Waals surface area contributed by atoms with Crippen LogP contribution in [-0.2, 0) is 47.0 Å². The third kappa shape index (κ3) is 10.1. The number of amides is 2. The highest BCUT2D eigenvalue weighted by Crippen LogP contribution is 2.57. The number of carbonyl (C=O) groups is 4. The van der Waals surface area contributed by atoms with Crippen LogP contribution in [0.5, 0.6) is 17.4 Å². The molecule has 3 aliphatic carbocycles. The van der Waals surface area contributed by atoms with Gasteiger partial charge in [-0.1, -0.05) is 39.2 Å². The van der Waals surface area contributed by atoms with Gasteiger partial charge in [0.25, 0.3) is 0 Å². The number of carbonyl (C=O) groups excluding carboxylic acids is 4. The number of nitrogens with zero attached hydrogens (tertiary/aromatic N) is 3. The van der Waals surface area contributed by atoms with Crippen molar-refractivity contribution in [2.24, 2.45) is 28.6 Å². The molecule has 5 atom stereocenters. The fourth-order valence-electron chi connectivity index (χ4n) is 9.89. The van der Waals surface area contributed by atoms with Gasteiger partial charge in [-0.25, -0.2) is 18.4 Å². The van der Waals surface area contributed by atoms with Gasteiger partial charge in [0, 0.05) is 35.7 Å². The molecule has 0 unspecified atom stereocenters. The summed E-state index contributed by atoms with van der Waals surface area (Å²) in [5, 5.41) is 2.94. The fourth-order valence-corrected chi connectivity index (χ4v) is 11.9. The maximum absolute atomic E-state index is 15.2. The van der Waals surface area contributed by atoms with E-state index in [9.17, 15) is 22.8 Å². The molecule has 63 heavy (non-hydrogen) atoms. The molecule has 0 radical (unpaired) electrons. The topological polar surface area (TPSA) is 180 Å². The molecule has 3 aromatic rings. The van der Waals surface area contributed by atoms with Crippen LogP contribution >= 0.6 is 11.3 Å². The number of thiazole rings is 1. The second-order valence-corrected chi connectivity index (χ2v) is 22.2. The lowest BCUT2D eigenvalue weighted by Gasteiger charge is -2.34. The van der Waals surface area contributed by atoms with Crippen molar-refractivity contribution < 1.29 is 46.5 Å². The smallest absolute Gasteiger partial charge is 0.306 e. The van der Waals surface area contributed by atoms with Gasteiger partial charge in [-0.05, 0) is 87.2 Å². The predicted octanol–water partition coefficient (Wildman–Crippen LogP) is 7.19. The molecule has 1 N–H and O–H groups in total. The molecule has 2 aromatic heterocycles. The Kier molecular flexibility index (Phi) is 13.0. The monoisotopic (exact) mass is 904 g/mol. The molecular weight excluding hydrogens is 845 g/mol. The molecule has 14 nitrogen and oxygen atoms in total. The molecule has 1 saturated heterocycles. The Hall–Kier alpha value is -4.57. The molecule has 3 saturated carbocycles. The van der Waals surface area contributed by atoms with E-state index in [2.05, 4.69) is 30.1 Å². The zero-order valence-electron chi connectivity index (χ0n) is 36.8. The number of hydrogen-bond donors (Lipinski definition) is 1. The van der Waals surface area contributed by atoms with Gasteiger partial charge >= 0.3 is 5.97 Å². The van der Waals surface area contributed by atoms with E-state index in [-0.39, 0.29) is 68.5 Å². The van der Waals surface area contributed by atoms with Crippen LogP contribution in [0.3, 0.4) is 0 Å². The summed E-state index contributed by atoms with van der Waals surface area (Å²) in [5.74, 6) is -1.64. The van der Waals surface area contributed by atoms with Crippen LogP contribution < -0.4 is 18.9 Å². The third-order valence-corrected chi connectivity index (χ3v) is 16.4. The number of aromatic nitrogens is 2. The number of pyridine rings is 1. The molecular formula is C47H60N4O10S2. The molecule has 4 heterocycles. The summed E-state index contributed by atoms with van der Waals surface area (Å²) in [6, 6.07) is 4.61. The first-order valence-corrected chi connectivity index (χ1v) is 24.9. The number of ketones is 1. The van der Waals surface area contributed by atoms with Crippen LogP contribution in [0.25, 0.3) is 10.9 Å². The van der Waals surface area contributed by atoms with E-state index >= 15 is 4.79 Å². The van der Waals surface area contributed by atoms with Gasteiger partial charge in [-0.15, -0.1) is 17.9 Å². The van der Waals surface area contributed by atoms with Gasteiger partial charge in [0.2, 0.25) is 27.7 Å². The molecule has 0 spiro atoms. The number of allylic oxidation sites excluding steroid dienone is 1. The van der Waals surface area contributed by atoms with Crippen LogP contribution in [-0.4, -0.2) is 84.5 Å². The lowest BCUT2D eigenvalue weighted by Crippen LogP contribution is -2.48. The largest absolute Gasteiger partial charge is 0.496 e. The molecule has 5 aliphatic rings. The van der Waals surface area contributed by atoms with Crippen molar-refractivity contribution in [2.75, 3.05) is 20.3 Å². The van der Waals surface area contributed by atoms with Gasteiger partial charge in [-0.3, -0.25) is 23.9 Å². The first-order valence-electron chi connectivity index (χ1n) is 22.5. The van der Waals surface area contributed by atoms with Crippen LogP contribution in [0.15, 0.2) is 36.2 Å². The number of ether oxygens (including phenoxy) is 4. The Labute approximate surface area is 373 Å². The number of nitrogens with one attached hydrogen (secondary N) is 1. The Morgan fingerprint density at radius 3 is 2.54 bits per heavy atom. The SMILES string of the molecule is C=C[C@@H]1C[C@]1(CC(=O)[C@@H]1C[C@@H]2CN1C(=O)[C@H](C1CCCCC1)CC(=O)OCC(C)(C)CCCc1cc3c(cc(OCc4csc(C)n4)nc3cc1OC)O2)C(=O)NS(=O)(=O)C1CC1. The zero-order valence-corrected chi connectivity index (χ0v) is 38.5. The zero-order chi connectivity index (χ0) is 44.7. The van der Waals surface area contributed by atoms with Crippen molar-refractivity contribution in [1.29, 1.82) is 0 Å². The maximum Gasteiger partial charge on any atom is 0.306 e. The molecule has 4 bridgehead atoms. The van der Waals surface area contributed by atoms with Crippen molar-refractivity contribution in [2.45, 2.75) is 135 Å². The normalized spacial score (nSPS) is 26.9. The number of sulfonamides is 1. The number of hydrogen-bond acceptors (Lipinski definition) is 13. The summed E-state index contributed by atoms with van der Waals surface area (Å²) in [4.78, 5) is 68.5. The fraction of sp³-hybridized carbons (Fsp3) is 0.617. The quantitative estimate of drug-likeness (QED) is 0.143. The van der Waals surface area contributed by atoms with E-state index in [4.69, 9.17) is 23.9 Å². The lowest BCUT2D eigenvalue weighted by molar-refractivity contribution is -0.154. The van der Waals surface area contributed by atoms with E-state index in [1.807, 2.05) is 24.4 Å². The number of benzene rings is 1. The van der Waals surface area contributed by atoms with Gasteiger partial charge < -0.3 is 23.8 Å². The summed E-state index contributed by atoms with van der Waals surface area (Å²) in [6.07, 6.45) is 8.54. The van der Waals surface area contributed by atoms with Crippen LogP contribution in [0.2, 0.25) is 0 Å². The highest BCUT2D eigenvalue weighted by molar-refractivity contribution is 7.90. The van der Waals surface area contributed by atoms with E-state index in [1.54, 1.807) is 24.2 Å². The van der Waals surface area contributed by atoms with E-state index < -0.39 is 56.5 Å². The standard InChI is InChI=1S/C47H60N4O10S2/c1-6-31-22-47(31,45(55)50-63(56,57)34-14-15-34)23-39(52)38-18-33-24-51(38)44(54)35(29-11-8-7-9-12-29)19-43(53)60-27-46(3,4)16-10-13-30-17-36-37(20-40(30)58-5)49-42(21-41(36)61-33)59-25-32-26-62-28(2)48-32/h6,17,20-21,26,29,31,33-35,38H,1,7-16,18-19,22-25,27H2,2-5H3,(H,50,55)/t31-,33-,35+,38+,47-/m1/s1. The summed E-state index contributed by atoms with van der Waals surface area (Å²) in [5.41, 5.74) is 0.628. The molecule has 16 heteroatoms. The van der Waals surface area contributed by atoms with Crippen LogP contribution in [0.4, 0.5) is 0 Å². The van der Waals surface area contributed by atoms with Crippen molar-refractivity contribution in [3.05, 3.63) is 52.5 Å². The van der Waals surface area contributed by atoms with Gasteiger partial charge in [0.15, 0.2) is 5.78 Å². The summed E-state index contributed by atoms with van der Waals surface area (Å²) < 4.78 is 53.1. The molecule has 340 valence electrons. The van der Waals surface area contributed by atoms with Crippen molar-refractivity contribution in [3.8, 4) is 17.4 Å². The Balaban J connectivity index is 1.17. The van der Waals surface area contributed by atoms with E-state index in [1.165, 1.54) is 11.3 Å². The Morgan fingerprint density at radius 2 is 1.86 bits per heavy atom. The third-order valence-electron chi connectivity index (χ3n) is 13.8. The molecule has 8 rings (SSSR count). The first-order chi connectivity index (χ1) is 30.1. The lowest BCUT2D eigenvalue weighted by atomic mass is 9.77. The van der Waals surface area contributed by atoms with E-state index in [0.717, 1.165) is 61.2 Å². The highest BCUT2D eigenvalue weighted by Gasteiger charge is 2.61. The number of fused-ring (bicyclic) bond motifs is 3. The van der Waals surface area contributed by atoms with Crippen molar-refractivity contribution >= 4 is 55.8 Å². The molecule has 2 amide bonds. The van der Waals surface area contributed by atoms with Crippen LogP contribution in [0.1, 0.15) is 114 Å². The minimum Gasteiger partial charge on any atom is -0.496 e. The molecule has 1 aromatic carbocycles. The molecule has 2 aliphatic heterocycles. The summed E-state index contributed by atoms with van der Waals surface area (Å²) in [7, 11) is -2.26. The summed E-state index contributed by atoms with van der Waals surface area (Å²) in [6.45, 7) is 10.4. The number of Topliss-reactive ketones (excluding diaryl/α,β-unsaturated/α-hetero) is 1. The number of methoxy groups -OCH3 is 1. The average molecular weight is 905 g/mol. The second kappa shape index (κ2) is 18.1. The molecule has 4 fully saturated rings. The Morgan fingerprint density at radius 1 is 1.08 bits per heavy atom. The summed E-state index contributed by atoms with van der Waals surface area (Å²) >= 11 is 1.53. The number of aryl methyl sites for hydroxylation is 2. The minimum atomic E-state index is -3.88. The first kappa shape index (κ1) is 45.0. The van der Waals surface area contributed by atoms with Gasteiger partial charge in [0.1, 0.15) is 24.2 Å². The average Bonchev–Trinajstić information content (AvgIpc) is 4.16. The van der Waals surface area contributed by atoms with Crippen molar-refractivity contribution in [1.82, 2.24) is 19.6 Å².